The number of benzene rings is 3. The van der Waals surface area contributed by atoms with Gasteiger partial charge in [-0.1, -0.05) is 50.2 Å². The fourth-order valence-corrected chi connectivity index (χ4v) is 3.80. The largest absolute Gasteiger partial charge is 0.316 e. The standard InChI is InChI=1S/C23H23N/c1-15(2)21-14-24(19-12-16(3)11-17(4)13-19)22-10-6-8-18-7-5-9-20(21)23(18)22/h5-15H,1-4H3. The van der Waals surface area contributed by atoms with E-state index < -0.39 is 0 Å². The normalized spacial score (nSPS) is 13.5. The molecule has 3 aromatic carbocycles. The summed E-state index contributed by atoms with van der Waals surface area (Å²) in [5.41, 5.74) is 7.90. The number of hydrogen-bond acceptors (Lipinski definition) is 1. The highest BCUT2D eigenvalue weighted by Crippen LogP contribution is 2.43. The van der Waals surface area contributed by atoms with Crippen molar-refractivity contribution in [2.45, 2.75) is 27.7 Å². The average Bonchev–Trinajstić information content (AvgIpc) is 2.54. The zero-order chi connectivity index (χ0) is 16.8. The summed E-state index contributed by atoms with van der Waals surface area (Å²) in [4.78, 5) is 2.37. The third-order valence-corrected chi connectivity index (χ3v) is 4.83. The molecule has 1 aliphatic rings. The Hall–Kier alpha value is -2.54. The molecule has 1 aliphatic heterocycles. The lowest BCUT2D eigenvalue weighted by Gasteiger charge is -2.31. The zero-order valence-electron chi connectivity index (χ0n) is 14.8. The maximum absolute atomic E-state index is 2.37. The van der Waals surface area contributed by atoms with E-state index in [1.165, 1.54) is 44.4 Å². The number of rotatable bonds is 2. The molecule has 0 bridgehead atoms. The van der Waals surface area contributed by atoms with E-state index in [0.717, 1.165) is 0 Å². The second kappa shape index (κ2) is 5.52. The number of anilines is 2. The molecule has 0 amide bonds. The summed E-state index contributed by atoms with van der Waals surface area (Å²) in [6, 6.07) is 20.0. The van der Waals surface area contributed by atoms with Crippen LogP contribution in [-0.2, 0) is 0 Å². The maximum atomic E-state index is 2.37. The lowest BCUT2D eigenvalue weighted by Crippen LogP contribution is -2.16. The molecule has 0 saturated carbocycles. The van der Waals surface area contributed by atoms with Crippen LogP contribution in [-0.4, -0.2) is 0 Å². The van der Waals surface area contributed by atoms with Gasteiger partial charge in [0.25, 0.3) is 0 Å². The van der Waals surface area contributed by atoms with Gasteiger partial charge >= 0.3 is 0 Å². The summed E-state index contributed by atoms with van der Waals surface area (Å²) in [7, 11) is 0. The molecule has 24 heavy (non-hydrogen) atoms. The van der Waals surface area contributed by atoms with Crippen LogP contribution in [0.15, 0.2) is 60.8 Å². The Bertz CT molecular complexity index is 937. The van der Waals surface area contributed by atoms with Crippen LogP contribution in [0, 0.1) is 19.8 Å². The highest BCUT2D eigenvalue weighted by atomic mass is 15.1. The van der Waals surface area contributed by atoms with Crippen molar-refractivity contribution in [3.8, 4) is 0 Å². The first-order chi connectivity index (χ1) is 11.5. The van der Waals surface area contributed by atoms with Crippen LogP contribution in [0.3, 0.4) is 0 Å². The number of hydrogen-bond donors (Lipinski definition) is 0. The minimum atomic E-state index is 0.484. The Morgan fingerprint density at radius 1 is 0.833 bits per heavy atom. The van der Waals surface area contributed by atoms with E-state index in [1.807, 2.05) is 0 Å². The SMILES string of the molecule is Cc1cc(C)cc(N2C=C(C(C)C)c3cccc4cccc2c34)c1. The summed E-state index contributed by atoms with van der Waals surface area (Å²) in [6.45, 7) is 8.89. The lowest BCUT2D eigenvalue weighted by atomic mass is 9.88. The van der Waals surface area contributed by atoms with Crippen molar-refractivity contribution in [1.29, 1.82) is 0 Å². The number of nitrogens with zero attached hydrogens (tertiary/aromatic N) is 1. The molecular weight excluding hydrogens is 290 g/mol. The van der Waals surface area contributed by atoms with Gasteiger partial charge in [-0.25, -0.2) is 0 Å². The zero-order valence-corrected chi connectivity index (χ0v) is 14.8. The smallest absolute Gasteiger partial charge is 0.0540 e. The van der Waals surface area contributed by atoms with Crippen molar-refractivity contribution >= 4 is 27.7 Å². The molecule has 0 aliphatic carbocycles. The molecular formula is C23H23N. The van der Waals surface area contributed by atoms with Crippen LogP contribution in [0.1, 0.15) is 30.5 Å². The van der Waals surface area contributed by atoms with Gasteiger partial charge in [0.1, 0.15) is 0 Å². The van der Waals surface area contributed by atoms with Gasteiger partial charge in [-0.2, -0.15) is 0 Å². The van der Waals surface area contributed by atoms with Crippen LogP contribution in [0.5, 0.6) is 0 Å². The monoisotopic (exact) mass is 313 g/mol. The van der Waals surface area contributed by atoms with Crippen LogP contribution >= 0.6 is 0 Å². The summed E-state index contributed by atoms with van der Waals surface area (Å²) >= 11 is 0. The predicted molar refractivity (Wildman–Crippen MR) is 105 cm³/mol. The predicted octanol–water partition coefficient (Wildman–Crippen LogP) is 6.61. The van der Waals surface area contributed by atoms with Crippen LogP contribution in [0.2, 0.25) is 0 Å². The molecule has 0 unspecified atom stereocenters. The molecule has 120 valence electrons. The quantitative estimate of drug-likeness (QED) is 0.515. The Balaban J connectivity index is 2.04. The summed E-state index contributed by atoms with van der Waals surface area (Å²) in [5, 5.41) is 2.68. The summed E-state index contributed by atoms with van der Waals surface area (Å²) in [6.07, 6.45) is 2.33. The van der Waals surface area contributed by atoms with E-state index in [0.29, 0.717) is 5.92 Å². The van der Waals surface area contributed by atoms with E-state index in [9.17, 15) is 0 Å². The average molecular weight is 313 g/mol. The molecule has 4 rings (SSSR count). The fraction of sp³-hybridized carbons (Fsp3) is 0.217. The molecule has 3 aromatic rings. The highest BCUT2D eigenvalue weighted by Gasteiger charge is 2.22. The Kier molecular flexibility index (Phi) is 3.45. The molecule has 1 heteroatoms. The van der Waals surface area contributed by atoms with Gasteiger partial charge in [0, 0.05) is 17.3 Å². The molecule has 0 atom stereocenters. The number of aryl methyl sites for hydroxylation is 2. The van der Waals surface area contributed by atoms with Gasteiger partial charge in [0.15, 0.2) is 0 Å². The van der Waals surface area contributed by atoms with Crippen LogP contribution in [0.25, 0.3) is 16.3 Å². The van der Waals surface area contributed by atoms with Crippen molar-refractivity contribution in [3.05, 3.63) is 77.5 Å². The Labute approximate surface area is 144 Å². The van der Waals surface area contributed by atoms with E-state index >= 15 is 0 Å². The first-order valence-electron chi connectivity index (χ1n) is 8.66. The number of allylic oxidation sites excluding steroid dienone is 1. The second-order valence-electron chi connectivity index (χ2n) is 7.14. The maximum Gasteiger partial charge on any atom is 0.0540 e. The van der Waals surface area contributed by atoms with Crippen molar-refractivity contribution in [3.63, 3.8) is 0 Å². The van der Waals surface area contributed by atoms with Gasteiger partial charge < -0.3 is 4.90 Å². The minimum Gasteiger partial charge on any atom is -0.316 e. The summed E-state index contributed by atoms with van der Waals surface area (Å²) < 4.78 is 0. The van der Waals surface area contributed by atoms with Crippen molar-refractivity contribution in [2.24, 2.45) is 5.92 Å². The third kappa shape index (κ3) is 2.32. The van der Waals surface area contributed by atoms with E-state index in [-0.39, 0.29) is 0 Å². The minimum absolute atomic E-state index is 0.484. The lowest BCUT2D eigenvalue weighted by molar-refractivity contribution is 0.851. The van der Waals surface area contributed by atoms with Crippen LogP contribution in [0.4, 0.5) is 11.4 Å². The highest BCUT2D eigenvalue weighted by molar-refractivity contribution is 6.07. The Morgan fingerprint density at radius 3 is 2.17 bits per heavy atom. The third-order valence-electron chi connectivity index (χ3n) is 4.83. The summed E-state index contributed by atoms with van der Waals surface area (Å²) in [5.74, 6) is 0.484. The molecule has 0 aromatic heterocycles. The van der Waals surface area contributed by atoms with Crippen LogP contribution < -0.4 is 4.90 Å². The van der Waals surface area contributed by atoms with Gasteiger partial charge in [-0.15, -0.1) is 0 Å². The van der Waals surface area contributed by atoms with Crippen molar-refractivity contribution in [1.82, 2.24) is 0 Å². The first kappa shape index (κ1) is 15.0. The first-order valence-corrected chi connectivity index (χ1v) is 8.66. The Morgan fingerprint density at radius 2 is 1.50 bits per heavy atom. The van der Waals surface area contributed by atoms with E-state index in [4.69, 9.17) is 0 Å². The van der Waals surface area contributed by atoms with Crippen molar-refractivity contribution in [2.75, 3.05) is 4.90 Å². The van der Waals surface area contributed by atoms with E-state index in [1.54, 1.807) is 0 Å². The van der Waals surface area contributed by atoms with Crippen molar-refractivity contribution < 1.29 is 0 Å². The molecule has 0 radical (unpaired) electrons. The van der Waals surface area contributed by atoms with Gasteiger partial charge in [0.2, 0.25) is 0 Å². The van der Waals surface area contributed by atoms with Gasteiger partial charge in [0.05, 0.1) is 5.69 Å². The molecule has 0 fully saturated rings. The van der Waals surface area contributed by atoms with Gasteiger partial charge in [-0.05, 0) is 65.6 Å². The van der Waals surface area contributed by atoms with Gasteiger partial charge in [-0.3, -0.25) is 0 Å². The second-order valence-corrected chi connectivity index (χ2v) is 7.14. The molecule has 1 heterocycles. The molecule has 1 nitrogen and oxygen atoms in total. The molecule has 0 N–H and O–H groups in total. The molecule has 0 saturated heterocycles. The molecule has 0 spiro atoms. The van der Waals surface area contributed by atoms with E-state index in [2.05, 4.69) is 93.4 Å². The topological polar surface area (TPSA) is 3.24 Å². The fourth-order valence-electron chi connectivity index (χ4n) is 3.80.